The third-order valence-corrected chi connectivity index (χ3v) is 4.75. The third kappa shape index (κ3) is 4.19. The molecule has 0 aliphatic heterocycles. The van der Waals surface area contributed by atoms with Gasteiger partial charge in [-0.25, -0.2) is 9.97 Å². The first kappa shape index (κ1) is 18.5. The number of hydrogen-bond donors (Lipinski definition) is 1. The van der Waals surface area contributed by atoms with Gasteiger partial charge in [-0.2, -0.15) is 0 Å². The van der Waals surface area contributed by atoms with Crippen LogP contribution in [0, 0.1) is 6.92 Å². The molecule has 0 amide bonds. The number of ether oxygens (including phenoxy) is 1. The van der Waals surface area contributed by atoms with Gasteiger partial charge in [0, 0.05) is 21.8 Å². The van der Waals surface area contributed by atoms with E-state index in [2.05, 4.69) is 9.97 Å². The van der Waals surface area contributed by atoms with Crippen molar-refractivity contribution in [3.8, 4) is 28.4 Å². The minimum absolute atomic E-state index is 0.362. The molecule has 0 unspecified atom stereocenters. The molecule has 0 fully saturated rings. The van der Waals surface area contributed by atoms with Crippen molar-refractivity contribution in [2.24, 2.45) is 0 Å². The number of aromatic nitrogens is 3. The molecule has 0 bridgehead atoms. The molecule has 0 radical (unpaired) electrons. The Morgan fingerprint density at radius 1 is 0.857 bits per heavy atom. The van der Waals surface area contributed by atoms with Gasteiger partial charge in [0.2, 0.25) is 0 Å². The van der Waals surface area contributed by atoms with Crippen LogP contribution in [0.5, 0.6) is 5.75 Å². The van der Waals surface area contributed by atoms with Gasteiger partial charge in [0.15, 0.2) is 0 Å². The molecule has 0 atom stereocenters. The summed E-state index contributed by atoms with van der Waals surface area (Å²) in [5.74, 6) is 1.57. The van der Waals surface area contributed by atoms with Crippen LogP contribution in [-0.2, 0) is 6.61 Å². The summed E-state index contributed by atoms with van der Waals surface area (Å²) in [7, 11) is 0. The van der Waals surface area contributed by atoms with Crippen molar-refractivity contribution in [3.63, 3.8) is 0 Å². The highest BCUT2D eigenvalue weighted by molar-refractivity contribution is 6.30. The summed E-state index contributed by atoms with van der Waals surface area (Å²) in [4.78, 5) is 12.3. The zero-order chi connectivity index (χ0) is 19.5. The molecule has 0 aliphatic rings. The highest BCUT2D eigenvalue weighted by Crippen LogP contribution is 2.27. The number of nitrogens with zero attached hydrogens (tertiary/aromatic N) is 2. The Labute approximate surface area is 173 Å². The summed E-state index contributed by atoms with van der Waals surface area (Å²) in [6, 6.07) is 20.9. The predicted molar refractivity (Wildman–Crippen MR) is 113 cm³/mol. The third-order valence-electron chi connectivity index (χ3n) is 4.29. The van der Waals surface area contributed by atoms with Crippen LogP contribution in [0.4, 0.5) is 0 Å². The first-order chi connectivity index (χ1) is 13.6. The van der Waals surface area contributed by atoms with Crippen molar-refractivity contribution in [1.29, 1.82) is 0 Å². The van der Waals surface area contributed by atoms with Crippen LogP contribution >= 0.6 is 23.2 Å². The van der Waals surface area contributed by atoms with Crippen molar-refractivity contribution < 1.29 is 4.74 Å². The Morgan fingerprint density at radius 2 is 1.57 bits per heavy atom. The van der Waals surface area contributed by atoms with Gasteiger partial charge in [-0.1, -0.05) is 41.4 Å². The predicted octanol–water partition coefficient (Wildman–Crippen LogP) is 6.33. The van der Waals surface area contributed by atoms with Crippen molar-refractivity contribution in [2.75, 3.05) is 0 Å². The molecule has 28 heavy (non-hydrogen) atoms. The van der Waals surface area contributed by atoms with E-state index in [1.54, 1.807) is 6.07 Å². The highest BCUT2D eigenvalue weighted by atomic mass is 35.5. The molecule has 6 heteroatoms. The van der Waals surface area contributed by atoms with E-state index in [4.69, 9.17) is 32.9 Å². The van der Waals surface area contributed by atoms with Crippen LogP contribution in [0.25, 0.3) is 22.6 Å². The maximum atomic E-state index is 5.98. The number of hydrogen-bond acceptors (Lipinski definition) is 3. The maximum absolute atomic E-state index is 5.98. The minimum Gasteiger partial charge on any atom is -0.487 e. The molecule has 2 aromatic carbocycles. The lowest BCUT2D eigenvalue weighted by Crippen LogP contribution is -1.98. The molecular weight excluding hydrogens is 393 g/mol. The maximum Gasteiger partial charge on any atom is 0.138 e. The number of pyridine rings is 1. The molecule has 2 heterocycles. The highest BCUT2D eigenvalue weighted by Gasteiger charge is 2.11. The minimum atomic E-state index is 0.362. The Bertz CT molecular complexity index is 1090. The zero-order valence-electron chi connectivity index (χ0n) is 15.1. The fourth-order valence-corrected chi connectivity index (χ4v) is 3.19. The molecule has 140 valence electrons. The van der Waals surface area contributed by atoms with E-state index in [1.807, 2.05) is 67.6 Å². The van der Waals surface area contributed by atoms with E-state index in [1.165, 1.54) is 0 Å². The van der Waals surface area contributed by atoms with Gasteiger partial charge in [0.05, 0.1) is 11.4 Å². The number of aryl methyl sites for hydroxylation is 1. The van der Waals surface area contributed by atoms with Crippen LogP contribution in [0.1, 0.15) is 11.4 Å². The van der Waals surface area contributed by atoms with Gasteiger partial charge < -0.3 is 9.72 Å². The first-order valence-electron chi connectivity index (χ1n) is 8.76. The fourth-order valence-electron chi connectivity index (χ4n) is 2.88. The van der Waals surface area contributed by atoms with Crippen LogP contribution in [0.3, 0.4) is 0 Å². The summed E-state index contributed by atoms with van der Waals surface area (Å²) in [6.07, 6.45) is 0. The van der Waals surface area contributed by atoms with E-state index in [0.717, 1.165) is 39.8 Å². The molecule has 1 N–H and O–H groups in total. The number of imidazole rings is 1. The van der Waals surface area contributed by atoms with Crippen LogP contribution in [-0.4, -0.2) is 15.0 Å². The molecular formula is C22H17Cl2N3O. The second kappa shape index (κ2) is 8.05. The number of halogens is 2. The topological polar surface area (TPSA) is 50.8 Å². The first-order valence-corrected chi connectivity index (χ1v) is 9.51. The largest absolute Gasteiger partial charge is 0.487 e. The molecule has 0 saturated carbocycles. The molecule has 2 aromatic heterocycles. The molecule has 4 rings (SSSR count). The summed E-state index contributed by atoms with van der Waals surface area (Å²) in [6.45, 7) is 2.37. The fraction of sp³-hybridized carbons (Fsp3) is 0.0909. The monoisotopic (exact) mass is 409 g/mol. The summed E-state index contributed by atoms with van der Waals surface area (Å²) in [5.41, 5.74) is 4.71. The lowest BCUT2D eigenvalue weighted by atomic mass is 10.1. The molecule has 4 aromatic rings. The van der Waals surface area contributed by atoms with E-state index in [0.29, 0.717) is 16.8 Å². The molecule has 0 saturated heterocycles. The average Bonchev–Trinajstić information content (AvgIpc) is 3.09. The van der Waals surface area contributed by atoms with E-state index < -0.39 is 0 Å². The van der Waals surface area contributed by atoms with Gasteiger partial charge in [0.1, 0.15) is 23.3 Å². The van der Waals surface area contributed by atoms with Crippen molar-refractivity contribution in [1.82, 2.24) is 15.0 Å². The lowest BCUT2D eigenvalue weighted by molar-refractivity contribution is 0.301. The van der Waals surface area contributed by atoms with Crippen LogP contribution in [0.15, 0.2) is 66.7 Å². The quantitative estimate of drug-likeness (QED) is 0.391. The Hall–Kier alpha value is -2.82. The smallest absolute Gasteiger partial charge is 0.138 e. The van der Waals surface area contributed by atoms with Crippen molar-refractivity contribution in [3.05, 3.63) is 88.3 Å². The van der Waals surface area contributed by atoms with Gasteiger partial charge >= 0.3 is 0 Å². The average molecular weight is 410 g/mol. The van der Waals surface area contributed by atoms with E-state index in [9.17, 15) is 0 Å². The Morgan fingerprint density at radius 3 is 2.29 bits per heavy atom. The number of H-pyrrole nitrogens is 1. The van der Waals surface area contributed by atoms with Crippen LogP contribution < -0.4 is 4.74 Å². The normalized spacial score (nSPS) is 10.8. The summed E-state index contributed by atoms with van der Waals surface area (Å²) in [5, 5.41) is 1.17. The Balaban J connectivity index is 1.49. The molecule has 0 aliphatic carbocycles. The van der Waals surface area contributed by atoms with Crippen molar-refractivity contribution >= 4 is 23.2 Å². The number of aromatic amines is 1. The second-order valence-electron chi connectivity index (χ2n) is 6.33. The van der Waals surface area contributed by atoms with Crippen LogP contribution in [0.2, 0.25) is 10.2 Å². The Kier molecular flexibility index (Phi) is 5.33. The van der Waals surface area contributed by atoms with Crippen molar-refractivity contribution in [2.45, 2.75) is 13.5 Å². The van der Waals surface area contributed by atoms with Gasteiger partial charge in [-0.05, 0) is 55.5 Å². The number of nitrogens with one attached hydrogen (secondary N) is 1. The lowest BCUT2D eigenvalue weighted by Gasteiger charge is -2.06. The zero-order valence-corrected chi connectivity index (χ0v) is 16.6. The van der Waals surface area contributed by atoms with E-state index >= 15 is 0 Å². The van der Waals surface area contributed by atoms with Gasteiger partial charge in [-0.3, -0.25) is 0 Å². The summed E-state index contributed by atoms with van der Waals surface area (Å²) < 4.78 is 5.78. The molecule has 4 nitrogen and oxygen atoms in total. The molecule has 0 spiro atoms. The number of benzene rings is 2. The standard InChI is InChI=1S/C22H17Cl2N3O/c1-14-21(15-5-9-17(23)10-6-15)27-22(25-14)16-7-11-19(12-8-16)28-13-18-3-2-4-20(24)26-18/h2-12H,13H2,1H3,(H,25,27). The number of rotatable bonds is 5. The van der Waals surface area contributed by atoms with Gasteiger partial charge in [0.25, 0.3) is 0 Å². The summed E-state index contributed by atoms with van der Waals surface area (Å²) >= 11 is 11.9. The van der Waals surface area contributed by atoms with E-state index in [-0.39, 0.29) is 0 Å². The van der Waals surface area contributed by atoms with Gasteiger partial charge in [-0.15, -0.1) is 0 Å². The SMILES string of the molecule is Cc1[nH]c(-c2ccc(OCc3cccc(Cl)n3)cc2)nc1-c1ccc(Cl)cc1. The second-order valence-corrected chi connectivity index (χ2v) is 7.15.